The summed E-state index contributed by atoms with van der Waals surface area (Å²) in [4.78, 5) is 39.6. The van der Waals surface area contributed by atoms with E-state index in [9.17, 15) is 18.9 Å². The lowest BCUT2D eigenvalue weighted by Crippen LogP contribution is -2.33. The van der Waals surface area contributed by atoms with Crippen molar-refractivity contribution in [2.24, 2.45) is 0 Å². The number of nitrogens with one attached hydrogen (secondary N) is 3. The number of phosphoric acid groups is 1. The van der Waals surface area contributed by atoms with Crippen LogP contribution in [0.25, 0.3) is 0 Å². The second-order valence-corrected chi connectivity index (χ2v) is 17.1. The van der Waals surface area contributed by atoms with Crippen LogP contribution in [0.3, 0.4) is 0 Å². The highest BCUT2D eigenvalue weighted by Gasteiger charge is 2.33. The first kappa shape index (κ1) is 49.5. The van der Waals surface area contributed by atoms with Crippen molar-refractivity contribution in [1.29, 1.82) is 0 Å². The molecule has 0 bridgehead atoms. The van der Waals surface area contributed by atoms with Gasteiger partial charge in [0.2, 0.25) is 17.7 Å². The topological polar surface area (TPSA) is 132 Å². The third kappa shape index (κ3) is 21.3. The van der Waals surface area contributed by atoms with E-state index in [-0.39, 0.29) is 37.5 Å². The molecule has 3 atom stereocenters. The number of carbonyl (C=O) groups is 3. The summed E-state index contributed by atoms with van der Waals surface area (Å²) in [5, 5.41) is 9.25. The van der Waals surface area contributed by atoms with Crippen LogP contribution in [0.5, 0.6) is 0 Å². The van der Waals surface area contributed by atoms with Crippen molar-refractivity contribution in [3.05, 3.63) is 108 Å². The summed E-state index contributed by atoms with van der Waals surface area (Å²) in [5.74, 6) is -0.379. The summed E-state index contributed by atoms with van der Waals surface area (Å²) in [7, 11) is -4.43. The molecule has 0 unspecified atom stereocenters. The minimum Gasteiger partial charge on any atom is -0.347 e. The van der Waals surface area contributed by atoms with Gasteiger partial charge in [-0.3, -0.25) is 28.0 Å². The Morgan fingerprint density at radius 1 is 0.424 bits per heavy atom. The predicted molar refractivity (Wildman–Crippen MR) is 238 cm³/mol. The average molecular weight is 834 g/mol. The van der Waals surface area contributed by atoms with Crippen LogP contribution < -0.4 is 16.0 Å². The molecular weight excluding hydrogens is 762 g/mol. The fourth-order valence-corrected chi connectivity index (χ4v) is 8.01. The molecule has 0 fully saturated rings. The molecule has 3 aromatic carbocycles. The first-order valence-electron chi connectivity index (χ1n) is 22.3. The summed E-state index contributed by atoms with van der Waals surface area (Å²) in [6.07, 6.45) is 16.4. The van der Waals surface area contributed by atoms with Crippen LogP contribution in [0.15, 0.2) is 91.0 Å². The quantitative estimate of drug-likeness (QED) is 0.0411. The Kier molecular flexibility index (Phi) is 25.4. The summed E-state index contributed by atoms with van der Waals surface area (Å²) < 4.78 is 33.4. The zero-order valence-electron chi connectivity index (χ0n) is 36.0. The number of phosphoric ester groups is 1. The Morgan fingerprint density at radius 2 is 0.678 bits per heavy atom. The Morgan fingerprint density at radius 3 is 0.932 bits per heavy atom. The van der Waals surface area contributed by atoms with Gasteiger partial charge in [-0.15, -0.1) is 0 Å². The van der Waals surface area contributed by atoms with Crippen molar-refractivity contribution in [1.82, 2.24) is 16.0 Å². The van der Waals surface area contributed by atoms with Crippen LogP contribution in [0.1, 0.15) is 171 Å². The van der Waals surface area contributed by atoms with Crippen LogP contribution >= 0.6 is 7.82 Å². The third-order valence-electron chi connectivity index (χ3n) is 10.3. The lowest BCUT2D eigenvalue weighted by Gasteiger charge is -2.27. The number of unbranched alkanes of at least 4 members (excludes halogenated alkanes) is 12. The smallest absolute Gasteiger partial charge is 0.347 e. The molecule has 10 nitrogen and oxygen atoms in total. The lowest BCUT2D eigenvalue weighted by atomic mass is 10.1. The maximum Gasteiger partial charge on any atom is 0.475 e. The van der Waals surface area contributed by atoms with Crippen molar-refractivity contribution >= 4 is 25.5 Å². The Labute approximate surface area is 355 Å². The fourth-order valence-electron chi connectivity index (χ4n) is 6.80. The zero-order chi connectivity index (χ0) is 42.4. The van der Waals surface area contributed by atoms with E-state index in [1.807, 2.05) is 91.0 Å². The van der Waals surface area contributed by atoms with E-state index in [1.54, 1.807) is 0 Å². The summed E-state index contributed by atoms with van der Waals surface area (Å²) >= 11 is 0. The monoisotopic (exact) mass is 834 g/mol. The van der Waals surface area contributed by atoms with E-state index >= 15 is 0 Å². The van der Waals surface area contributed by atoms with Gasteiger partial charge in [0.15, 0.2) is 0 Å². The molecule has 3 amide bonds. The first-order valence-corrected chi connectivity index (χ1v) is 23.8. The van der Waals surface area contributed by atoms with Gasteiger partial charge in [-0.2, -0.15) is 0 Å². The van der Waals surface area contributed by atoms with Crippen LogP contribution in [0.2, 0.25) is 0 Å². The predicted octanol–water partition coefficient (Wildman–Crippen LogP) is 11.8. The molecule has 0 radical (unpaired) electrons. The molecule has 3 rings (SSSR count). The van der Waals surface area contributed by atoms with Crippen molar-refractivity contribution in [2.75, 3.05) is 19.8 Å². The van der Waals surface area contributed by atoms with Gasteiger partial charge in [-0.1, -0.05) is 189 Å². The van der Waals surface area contributed by atoms with E-state index in [0.717, 1.165) is 113 Å². The molecule has 0 heterocycles. The van der Waals surface area contributed by atoms with E-state index in [0.29, 0.717) is 19.3 Å². The summed E-state index contributed by atoms with van der Waals surface area (Å²) in [6.45, 7) is 5.86. The SMILES string of the molecule is CCCCCCCC(=O)N[C@@H](COP(=O)(OC[C@H](NC(=O)CCCCCCC)c1ccccc1)OC[C@H](NC(=O)CCCCCCC)c1ccccc1)c1ccccc1. The molecule has 326 valence electrons. The first-order chi connectivity index (χ1) is 28.8. The second-order valence-electron chi connectivity index (χ2n) is 15.4. The Bertz CT molecular complexity index is 1420. The molecule has 0 aliphatic rings. The van der Waals surface area contributed by atoms with E-state index in [4.69, 9.17) is 13.6 Å². The van der Waals surface area contributed by atoms with Crippen molar-refractivity contribution in [2.45, 2.75) is 154 Å². The molecule has 0 saturated carbocycles. The molecule has 59 heavy (non-hydrogen) atoms. The van der Waals surface area contributed by atoms with Gasteiger partial charge in [-0.05, 0) is 36.0 Å². The summed E-state index contributed by atoms with van der Waals surface area (Å²) in [5.41, 5.74) is 2.33. The molecule has 0 aliphatic heterocycles. The standard InChI is InChI=1S/C48H72N3O7P/c1-4-7-10-13-25-34-46(52)49-43(40-28-19-16-20-29-40)37-56-59(55,57-38-44(41-30-21-17-22-31-41)50-47(53)35-26-14-11-8-5-2)58-39-45(42-32-23-18-24-33-42)51-48(54)36-27-15-12-9-6-3/h16-24,28-33,43-45H,4-15,25-27,34-39H2,1-3H3,(H,49,52)(H,50,53)(H,51,54)/t43-,44-,45-/m0/s1. The lowest BCUT2D eigenvalue weighted by molar-refractivity contribution is -0.122. The van der Waals surface area contributed by atoms with Crippen molar-refractivity contribution in [3.8, 4) is 0 Å². The van der Waals surface area contributed by atoms with Crippen LogP contribution in [-0.2, 0) is 32.5 Å². The number of hydrogen-bond acceptors (Lipinski definition) is 7. The molecule has 3 N–H and O–H groups in total. The van der Waals surface area contributed by atoms with Gasteiger partial charge in [-0.25, -0.2) is 4.57 Å². The van der Waals surface area contributed by atoms with Crippen LogP contribution in [-0.4, -0.2) is 37.5 Å². The number of hydrogen-bond donors (Lipinski definition) is 3. The van der Waals surface area contributed by atoms with Gasteiger partial charge in [0.25, 0.3) is 0 Å². The molecule has 0 aliphatic carbocycles. The second kappa shape index (κ2) is 30.2. The average Bonchev–Trinajstić information content (AvgIpc) is 3.26. The number of carbonyl (C=O) groups excluding carboxylic acids is 3. The van der Waals surface area contributed by atoms with Crippen molar-refractivity contribution < 1.29 is 32.5 Å². The minimum absolute atomic E-state index is 0.126. The van der Waals surface area contributed by atoms with E-state index in [2.05, 4.69) is 36.7 Å². The third-order valence-corrected chi connectivity index (χ3v) is 11.7. The molecule has 0 spiro atoms. The molecule has 0 saturated heterocycles. The zero-order valence-corrected chi connectivity index (χ0v) is 36.9. The maximum atomic E-state index is 14.9. The van der Waals surface area contributed by atoms with Gasteiger partial charge in [0.05, 0.1) is 37.9 Å². The highest BCUT2D eigenvalue weighted by atomic mass is 31.2. The number of amides is 3. The molecule has 3 aromatic rings. The normalized spacial score (nSPS) is 13.0. The van der Waals surface area contributed by atoms with Gasteiger partial charge in [0.1, 0.15) is 0 Å². The van der Waals surface area contributed by atoms with E-state index in [1.165, 1.54) is 0 Å². The number of rotatable bonds is 33. The van der Waals surface area contributed by atoms with Crippen LogP contribution in [0.4, 0.5) is 0 Å². The van der Waals surface area contributed by atoms with E-state index < -0.39 is 25.9 Å². The Balaban J connectivity index is 1.85. The van der Waals surface area contributed by atoms with Gasteiger partial charge < -0.3 is 16.0 Å². The molecular formula is C48H72N3O7P. The fraction of sp³-hybridized carbons (Fsp3) is 0.562. The molecule has 0 aromatic heterocycles. The van der Waals surface area contributed by atoms with Crippen molar-refractivity contribution in [3.63, 3.8) is 0 Å². The minimum atomic E-state index is -4.43. The Hall–Kier alpha value is -3.82. The number of benzene rings is 3. The largest absolute Gasteiger partial charge is 0.475 e. The maximum absolute atomic E-state index is 14.9. The van der Waals surface area contributed by atoms with Gasteiger partial charge in [0, 0.05) is 19.3 Å². The van der Waals surface area contributed by atoms with Gasteiger partial charge >= 0.3 is 7.82 Å². The highest BCUT2D eigenvalue weighted by Crippen LogP contribution is 2.51. The molecule has 11 heteroatoms. The summed E-state index contributed by atoms with van der Waals surface area (Å²) in [6, 6.07) is 26.3. The van der Waals surface area contributed by atoms with Crippen LogP contribution in [0, 0.1) is 0 Å². The highest BCUT2D eigenvalue weighted by molar-refractivity contribution is 7.48.